The van der Waals surface area contributed by atoms with Crippen molar-refractivity contribution in [2.24, 2.45) is 17.8 Å². The van der Waals surface area contributed by atoms with E-state index in [-0.39, 0.29) is 35.1 Å². The predicted octanol–water partition coefficient (Wildman–Crippen LogP) is 11.4. The number of nitrogens with zero attached hydrogens (tertiary/aromatic N) is 11. The van der Waals surface area contributed by atoms with Gasteiger partial charge in [-0.3, -0.25) is 34.2 Å². The minimum Gasteiger partial charge on any atom is -0.420 e. The summed E-state index contributed by atoms with van der Waals surface area (Å²) in [5.74, 6) is 2.18. The number of benzene rings is 3. The van der Waals surface area contributed by atoms with Crippen molar-refractivity contribution in [1.82, 2.24) is 60.0 Å². The molecule has 0 amide bonds. The zero-order valence-corrected chi connectivity index (χ0v) is 53.7. The number of carbonyl (C=O) groups excluding carboxylic acids is 3. The molecule has 4 N–H and O–H groups in total. The Morgan fingerprint density at radius 1 is 0.540 bits per heavy atom. The second-order valence-electron chi connectivity index (χ2n) is 25.6. The zero-order chi connectivity index (χ0) is 61.6. The van der Waals surface area contributed by atoms with E-state index in [9.17, 15) is 14.4 Å². The van der Waals surface area contributed by atoms with E-state index in [4.69, 9.17) is 4.42 Å². The van der Waals surface area contributed by atoms with E-state index in [1.54, 1.807) is 6.20 Å². The number of aromatic amines is 4. The normalized spacial score (nSPS) is 21.6. The molecular weight excluding hydrogens is 1110 g/mol. The van der Waals surface area contributed by atoms with Gasteiger partial charge in [-0.15, -0.1) is 15.3 Å². The SMILES string of the molecule is CC(CC(=O)c1cnc(N2C[C@@H](C)N(C)[C@@H](C)C2)o1)Cc1c[nH]c2ccccc12.CC(CC(=O)c1nc(N2C[C@@H](C)N(C)[C@@H](C)C2)n[nH]1)Cc1c[nH]c2ccccc12.CC(CC(=O)c1nnc(N2C[C@@H](C)N(C)[C@@H](C)C2)s1)Cc1c[nH]c2ccccc12. The number of aromatic nitrogens is 9. The smallest absolute Gasteiger partial charge is 0.297 e. The third-order valence-corrected chi connectivity index (χ3v) is 19.4. The number of ketones is 3. The van der Waals surface area contributed by atoms with E-state index in [0.29, 0.717) is 84.1 Å². The number of anilines is 3. The third kappa shape index (κ3) is 14.9. The van der Waals surface area contributed by atoms with E-state index in [1.165, 1.54) is 44.2 Å². The van der Waals surface area contributed by atoms with Crippen molar-refractivity contribution in [3.05, 3.63) is 131 Å². The molecule has 3 fully saturated rings. The van der Waals surface area contributed by atoms with Crippen LogP contribution in [0.15, 0.2) is 102 Å². The lowest BCUT2D eigenvalue weighted by Crippen LogP contribution is -2.55. The molecule has 19 nitrogen and oxygen atoms in total. The molecule has 0 aliphatic carbocycles. The molecule has 0 bridgehead atoms. The summed E-state index contributed by atoms with van der Waals surface area (Å²) in [5, 5.41) is 20.8. The number of hydrogen-bond donors (Lipinski definition) is 4. The Hall–Kier alpha value is -7.52. The molecule has 0 spiro atoms. The number of rotatable bonds is 18. The first-order chi connectivity index (χ1) is 41.8. The maximum atomic E-state index is 12.8. The van der Waals surface area contributed by atoms with Crippen LogP contribution in [0.4, 0.5) is 17.1 Å². The Morgan fingerprint density at radius 2 is 0.943 bits per heavy atom. The van der Waals surface area contributed by atoms with Crippen LogP contribution in [0.3, 0.4) is 0 Å². The van der Waals surface area contributed by atoms with Crippen LogP contribution < -0.4 is 14.7 Å². The van der Waals surface area contributed by atoms with Crippen LogP contribution in [0.2, 0.25) is 0 Å². The number of H-pyrrole nitrogens is 4. The Kier molecular flexibility index (Phi) is 19.9. The summed E-state index contributed by atoms with van der Waals surface area (Å²) < 4.78 is 5.86. The molecule has 0 saturated carbocycles. The van der Waals surface area contributed by atoms with Gasteiger partial charge in [-0.2, -0.15) is 4.98 Å². The van der Waals surface area contributed by atoms with Crippen molar-refractivity contribution in [2.45, 2.75) is 137 Å². The third-order valence-electron chi connectivity index (χ3n) is 18.4. The Bertz CT molecular complexity index is 3330. The first-order valence-electron chi connectivity index (χ1n) is 31.1. The molecule has 9 atom stereocenters. The molecule has 3 unspecified atom stereocenters. The van der Waals surface area contributed by atoms with Crippen LogP contribution in [0.25, 0.3) is 32.7 Å². The van der Waals surface area contributed by atoms with Gasteiger partial charge in [0.25, 0.3) is 6.01 Å². The molecule has 3 saturated heterocycles. The fraction of sp³-hybridized carbons (Fsp3) is 0.493. The molecule has 0 radical (unpaired) electrons. The number of nitrogens with one attached hydrogen (secondary N) is 4. The van der Waals surface area contributed by atoms with Crippen molar-refractivity contribution in [1.29, 1.82) is 0 Å². The van der Waals surface area contributed by atoms with Gasteiger partial charge in [0.1, 0.15) is 0 Å². The highest BCUT2D eigenvalue weighted by Gasteiger charge is 2.33. The number of hydrogen-bond acceptors (Lipinski definition) is 16. The van der Waals surface area contributed by atoms with Crippen molar-refractivity contribution >= 4 is 78.5 Å². The van der Waals surface area contributed by atoms with Gasteiger partial charge in [0, 0.05) is 146 Å². The van der Waals surface area contributed by atoms with Crippen molar-refractivity contribution in [3.8, 4) is 0 Å². The highest BCUT2D eigenvalue weighted by atomic mass is 32.1. The molecule has 3 aliphatic heterocycles. The second kappa shape index (κ2) is 27.7. The van der Waals surface area contributed by atoms with Crippen LogP contribution in [0, 0.1) is 17.8 Å². The first-order valence-corrected chi connectivity index (χ1v) is 31.9. The summed E-state index contributed by atoms with van der Waals surface area (Å²) in [6.45, 7) is 24.9. The van der Waals surface area contributed by atoms with Crippen molar-refractivity contribution in [2.75, 3.05) is 75.1 Å². The minimum atomic E-state index is 0.0197. The molecule has 20 heteroatoms. The number of likely N-dealkylation sites (N-methyl/N-ethyl adjacent to an activating group) is 3. The Labute approximate surface area is 515 Å². The van der Waals surface area contributed by atoms with Crippen molar-refractivity contribution in [3.63, 3.8) is 0 Å². The molecule has 9 aromatic rings. The van der Waals surface area contributed by atoms with Gasteiger partial charge in [0.15, 0.2) is 33.9 Å². The molecule has 3 aliphatic rings. The lowest BCUT2D eigenvalue weighted by Gasteiger charge is -2.42. The van der Waals surface area contributed by atoms with Gasteiger partial charge in [-0.05, 0) is 135 Å². The summed E-state index contributed by atoms with van der Waals surface area (Å²) in [5.41, 5.74) is 7.18. The Morgan fingerprint density at radius 3 is 1.40 bits per heavy atom. The lowest BCUT2D eigenvalue weighted by molar-refractivity contribution is 0.0933. The fourth-order valence-electron chi connectivity index (χ4n) is 12.7. The quantitative estimate of drug-likeness (QED) is 0.0589. The molecule has 6 aromatic heterocycles. The van der Waals surface area contributed by atoms with Crippen LogP contribution in [0.5, 0.6) is 0 Å². The molecule has 87 heavy (non-hydrogen) atoms. The highest BCUT2D eigenvalue weighted by molar-refractivity contribution is 7.17. The van der Waals surface area contributed by atoms with Crippen LogP contribution >= 0.6 is 11.3 Å². The van der Waals surface area contributed by atoms with E-state index in [1.807, 2.05) is 42.7 Å². The maximum Gasteiger partial charge on any atom is 0.297 e. The van der Waals surface area contributed by atoms with E-state index < -0.39 is 0 Å². The van der Waals surface area contributed by atoms with Crippen molar-refractivity contribution < 1.29 is 18.8 Å². The molecule has 3 aromatic carbocycles. The number of fused-ring (bicyclic) bond motifs is 3. The minimum absolute atomic E-state index is 0.0197. The largest absolute Gasteiger partial charge is 0.420 e. The number of carbonyl (C=O) groups is 3. The molecule has 462 valence electrons. The average molecular weight is 1200 g/mol. The van der Waals surface area contributed by atoms with Crippen LogP contribution in [-0.2, 0) is 19.3 Å². The highest BCUT2D eigenvalue weighted by Crippen LogP contribution is 2.30. The van der Waals surface area contributed by atoms with E-state index in [0.717, 1.165) is 80.2 Å². The van der Waals surface area contributed by atoms with Crippen LogP contribution in [0.1, 0.15) is 129 Å². The molecule has 9 heterocycles. The van der Waals surface area contributed by atoms with Gasteiger partial charge in [-0.1, -0.05) is 86.7 Å². The van der Waals surface area contributed by atoms with E-state index >= 15 is 0 Å². The Balaban J connectivity index is 0.000000144. The van der Waals surface area contributed by atoms with Gasteiger partial charge in [-0.25, -0.2) is 4.98 Å². The summed E-state index contributed by atoms with van der Waals surface area (Å²) in [6.07, 6.45) is 11.7. The zero-order valence-electron chi connectivity index (χ0n) is 52.9. The number of Topliss-reactive ketones (excluding diaryl/α,β-unsaturated/α-hetero) is 3. The van der Waals surface area contributed by atoms with Gasteiger partial charge in [0.05, 0.1) is 6.20 Å². The second-order valence-corrected chi connectivity index (χ2v) is 26.5. The van der Waals surface area contributed by atoms with E-state index in [2.05, 4.69) is 207 Å². The monoisotopic (exact) mass is 1200 g/mol. The predicted molar refractivity (Wildman–Crippen MR) is 350 cm³/mol. The number of para-hydroxylation sites is 3. The number of piperazine rings is 3. The lowest BCUT2D eigenvalue weighted by atomic mass is 9.95. The van der Waals surface area contributed by atoms with Gasteiger partial charge < -0.3 is 34.1 Å². The molecule has 12 rings (SSSR count). The fourth-order valence-corrected chi connectivity index (χ4v) is 13.5. The average Bonchev–Trinajstić information content (AvgIpc) is 3.51. The maximum absolute atomic E-state index is 12.8. The molecular formula is C67H89N15O4S. The van der Waals surface area contributed by atoms with Gasteiger partial charge >= 0.3 is 0 Å². The summed E-state index contributed by atoms with van der Waals surface area (Å²) >= 11 is 1.43. The summed E-state index contributed by atoms with van der Waals surface area (Å²) in [7, 11) is 6.46. The van der Waals surface area contributed by atoms with Gasteiger partial charge in [0.2, 0.25) is 11.1 Å². The number of oxazole rings is 1. The topological polar surface area (TPSA) is 211 Å². The summed E-state index contributed by atoms with van der Waals surface area (Å²) in [4.78, 5) is 70.8. The summed E-state index contributed by atoms with van der Waals surface area (Å²) in [6, 6.07) is 28.0. The first kappa shape index (κ1) is 62.5. The van der Waals surface area contributed by atoms with Crippen LogP contribution in [-0.4, -0.2) is 174 Å². The standard InChI is InChI=1S/C23H30N4O2.C22H30N6O.C22H29N5OS/c1-15(9-18-11-24-20-8-6-5-7-19(18)20)10-21(28)22-12-25-23(29-22)27-13-16(2)26(4)17(3)14-27;1-14(9-17-11-23-19-8-6-5-7-18(17)19)10-20(29)21-24-22(26-25-21)28-12-15(2)27(4)16(3)13-28;1-14(9-17-11-23-19-8-6-5-7-18(17)19)10-20(28)21-24-25-22(29-21)27-12-15(2)26(4)16(3)13-27/h5-8,11-12,15-17,24H,9-10,13-14H2,1-4H3;5-8,11,14-16,23H,9-10,12-13H2,1-4H3,(H,24,25,26);5-8,11,14-16,23H,9-10,12-13H2,1-4H3/t15?,16-,17+;2*14?,15-,16+.